The monoisotopic (exact) mass is 352 g/mol. The summed E-state index contributed by atoms with van der Waals surface area (Å²) in [5, 5.41) is 10.9. The Balaban J connectivity index is 1.58. The van der Waals surface area contributed by atoms with E-state index in [9.17, 15) is 19.7 Å². The largest absolute Gasteiger partial charge is 0.452 e. The summed E-state index contributed by atoms with van der Waals surface area (Å²) in [6.07, 6.45) is 3.15. The average molecular weight is 352 g/mol. The van der Waals surface area contributed by atoms with E-state index in [1.54, 1.807) is 17.0 Å². The molecule has 1 aliphatic rings. The van der Waals surface area contributed by atoms with Gasteiger partial charge in [-0.15, -0.1) is 0 Å². The number of rotatable bonds is 5. The van der Waals surface area contributed by atoms with E-state index in [4.69, 9.17) is 4.74 Å². The maximum absolute atomic E-state index is 12.3. The molecule has 2 aromatic carbocycles. The SMILES string of the molecule is O=C(/C=C/c1ccccc1[N+](=O)[O-])OCC(=O)N1CCc2ccccc21. The lowest BCUT2D eigenvalue weighted by atomic mass is 10.1. The molecule has 7 heteroatoms. The van der Waals surface area contributed by atoms with E-state index in [0.717, 1.165) is 23.7 Å². The van der Waals surface area contributed by atoms with E-state index in [2.05, 4.69) is 0 Å². The molecular weight excluding hydrogens is 336 g/mol. The number of fused-ring (bicyclic) bond motifs is 1. The van der Waals surface area contributed by atoms with Crippen molar-refractivity contribution in [3.63, 3.8) is 0 Å². The van der Waals surface area contributed by atoms with Crippen LogP contribution < -0.4 is 4.90 Å². The topological polar surface area (TPSA) is 89.7 Å². The van der Waals surface area contributed by atoms with Gasteiger partial charge < -0.3 is 9.64 Å². The lowest BCUT2D eigenvalue weighted by Gasteiger charge is -2.16. The molecule has 7 nitrogen and oxygen atoms in total. The number of nitrogens with zero attached hydrogens (tertiary/aromatic N) is 2. The lowest BCUT2D eigenvalue weighted by Crippen LogP contribution is -2.33. The number of ether oxygens (including phenoxy) is 1. The molecule has 3 rings (SSSR count). The molecule has 0 saturated carbocycles. The van der Waals surface area contributed by atoms with Crippen LogP contribution in [-0.2, 0) is 20.7 Å². The molecule has 0 spiro atoms. The maximum atomic E-state index is 12.3. The first-order valence-electron chi connectivity index (χ1n) is 8.03. The third-order valence-electron chi connectivity index (χ3n) is 4.06. The molecule has 132 valence electrons. The molecule has 0 N–H and O–H groups in total. The van der Waals surface area contributed by atoms with Gasteiger partial charge in [0.25, 0.3) is 11.6 Å². The summed E-state index contributed by atoms with van der Waals surface area (Å²) in [6.45, 7) is 0.177. The van der Waals surface area contributed by atoms with Gasteiger partial charge in [0, 0.05) is 24.4 Å². The standard InChI is InChI=1S/C19H16N2O5/c22-18(20-12-11-15-6-1-3-7-16(15)20)13-26-19(23)10-9-14-5-2-4-8-17(14)21(24)25/h1-10H,11-13H2/b10-9+. The van der Waals surface area contributed by atoms with Crippen molar-refractivity contribution in [3.8, 4) is 0 Å². The molecule has 0 aromatic heterocycles. The van der Waals surface area contributed by atoms with Gasteiger partial charge in [-0.25, -0.2) is 4.79 Å². The minimum Gasteiger partial charge on any atom is -0.452 e. The van der Waals surface area contributed by atoms with Gasteiger partial charge in [0.15, 0.2) is 6.61 Å². The highest BCUT2D eigenvalue weighted by Crippen LogP contribution is 2.27. The van der Waals surface area contributed by atoms with Crippen molar-refractivity contribution in [2.24, 2.45) is 0 Å². The summed E-state index contributed by atoms with van der Waals surface area (Å²) in [7, 11) is 0. The lowest BCUT2D eigenvalue weighted by molar-refractivity contribution is -0.385. The van der Waals surface area contributed by atoms with Gasteiger partial charge in [-0.2, -0.15) is 0 Å². The van der Waals surface area contributed by atoms with Crippen LogP contribution in [0.2, 0.25) is 0 Å². The third-order valence-corrected chi connectivity index (χ3v) is 4.06. The Labute approximate surface area is 149 Å². The van der Waals surface area contributed by atoms with E-state index in [1.807, 2.05) is 24.3 Å². The first-order valence-corrected chi connectivity index (χ1v) is 8.03. The van der Waals surface area contributed by atoms with Crippen LogP contribution in [0.5, 0.6) is 0 Å². The van der Waals surface area contributed by atoms with Gasteiger partial charge >= 0.3 is 5.97 Å². The molecule has 0 saturated heterocycles. The van der Waals surface area contributed by atoms with Crippen molar-refractivity contribution in [3.05, 3.63) is 75.8 Å². The molecular formula is C19H16N2O5. The van der Waals surface area contributed by atoms with Gasteiger partial charge in [0.2, 0.25) is 0 Å². The molecule has 1 amide bonds. The fourth-order valence-corrected chi connectivity index (χ4v) is 2.81. The van der Waals surface area contributed by atoms with E-state index in [0.29, 0.717) is 6.54 Å². The fraction of sp³-hybridized carbons (Fsp3) is 0.158. The second-order valence-corrected chi connectivity index (χ2v) is 5.68. The van der Waals surface area contributed by atoms with Gasteiger partial charge in [-0.3, -0.25) is 14.9 Å². The van der Waals surface area contributed by atoms with E-state index in [-0.39, 0.29) is 23.8 Å². The number of para-hydroxylation sites is 2. The Morgan fingerprint density at radius 2 is 1.88 bits per heavy atom. The van der Waals surface area contributed by atoms with Crippen molar-refractivity contribution < 1.29 is 19.2 Å². The number of nitro benzene ring substituents is 1. The molecule has 0 bridgehead atoms. The van der Waals surface area contributed by atoms with Crippen LogP contribution >= 0.6 is 0 Å². The summed E-state index contributed by atoms with van der Waals surface area (Å²) < 4.78 is 4.97. The number of hydrogen-bond donors (Lipinski definition) is 0. The van der Waals surface area contributed by atoms with Crippen LogP contribution in [0.4, 0.5) is 11.4 Å². The van der Waals surface area contributed by atoms with Crippen LogP contribution in [-0.4, -0.2) is 30.0 Å². The number of amides is 1. The second kappa shape index (κ2) is 7.60. The predicted octanol–water partition coefficient (Wildman–Crippen LogP) is 2.74. The number of carbonyl (C=O) groups is 2. The van der Waals surface area contributed by atoms with Crippen molar-refractivity contribution in [2.75, 3.05) is 18.1 Å². The maximum Gasteiger partial charge on any atom is 0.331 e. The van der Waals surface area contributed by atoms with Gasteiger partial charge in [0.05, 0.1) is 10.5 Å². The van der Waals surface area contributed by atoms with Crippen molar-refractivity contribution in [2.45, 2.75) is 6.42 Å². The summed E-state index contributed by atoms with van der Waals surface area (Å²) in [5.41, 5.74) is 2.10. The second-order valence-electron chi connectivity index (χ2n) is 5.68. The first-order chi connectivity index (χ1) is 12.6. The van der Waals surface area contributed by atoms with Crippen molar-refractivity contribution >= 4 is 29.3 Å². The highest BCUT2D eigenvalue weighted by Gasteiger charge is 2.24. The molecule has 0 aliphatic carbocycles. The summed E-state index contributed by atoms with van der Waals surface area (Å²) in [5.74, 6) is -1.04. The number of benzene rings is 2. The zero-order valence-electron chi connectivity index (χ0n) is 13.8. The first kappa shape index (κ1) is 17.3. The van der Waals surface area contributed by atoms with Crippen LogP contribution in [0.15, 0.2) is 54.6 Å². The molecule has 1 heterocycles. The highest BCUT2D eigenvalue weighted by molar-refractivity contribution is 5.98. The predicted molar refractivity (Wildman–Crippen MR) is 95.6 cm³/mol. The molecule has 0 unspecified atom stereocenters. The van der Waals surface area contributed by atoms with E-state index >= 15 is 0 Å². The minimum atomic E-state index is -0.732. The number of esters is 1. The van der Waals surface area contributed by atoms with Crippen LogP contribution in [0.25, 0.3) is 6.08 Å². The molecule has 0 radical (unpaired) electrons. The van der Waals surface area contributed by atoms with Crippen LogP contribution in [0.1, 0.15) is 11.1 Å². The summed E-state index contributed by atoms with van der Waals surface area (Å²) >= 11 is 0. The summed E-state index contributed by atoms with van der Waals surface area (Å²) in [6, 6.07) is 13.6. The van der Waals surface area contributed by atoms with Gasteiger partial charge in [-0.05, 0) is 30.2 Å². The number of carbonyl (C=O) groups excluding carboxylic acids is 2. The fourth-order valence-electron chi connectivity index (χ4n) is 2.81. The zero-order valence-corrected chi connectivity index (χ0v) is 13.8. The Morgan fingerprint density at radius 3 is 2.69 bits per heavy atom. The van der Waals surface area contributed by atoms with E-state index in [1.165, 1.54) is 18.2 Å². The zero-order chi connectivity index (χ0) is 18.5. The van der Waals surface area contributed by atoms with Crippen LogP contribution in [0, 0.1) is 10.1 Å². The molecule has 26 heavy (non-hydrogen) atoms. The average Bonchev–Trinajstić information content (AvgIpc) is 3.08. The molecule has 1 aliphatic heterocycles. The minimum absolute atomic E-state index is 0.110. The normalized spacial score (nSPS) is 12.8. The van der Waals surface area contributed by atoms with Gasteiger partial charge in [0.1, 0.15) is 0 Å². The third kappa shape index (κ3) is 3.77. The van der Waals surface area contributed by atoms with Gasteiger partial charge in [-0.1, -0.05) is 30.3 Å². The Kier molecular flexibility index (Phi) is 5.07. The molecule has 2 aromatic rings. The van der Waals surface area contributed by atoms with Crippen molar-refractivity contribution in [1.29, 1.82) is 0 Å². The van der Waals surface area contributed by atoms with Crippen LogP contribution in [0.3, 0.4) is 0 Å². The highest BCUT2D eigenvalue weighted by atomic mass is 16.6. The molecule has 0 atom stereocenters. The number of hydrogen-bond acceptors (Lipinski definition) is 5. The van der Waals surface area contributed by atoms with Crippen molar-refractivity contribution in [1.82, 2.24) is 0 Å². The number of nitro groups is 1. The summed E-state index contributed by atoms with van der Waals surface area (Å²) in [4.78, 5) is 36.1. The quantitative estimate of drug-likeness (QED) is 0.357. The molecule has 0 fully saturated rings. The van der Waals surface area contributed by atoms with E-state index < -0.39 is 10.9 Å². The Hall–Kier alpha value is -3.48. The smallest absolute Gasteiger partial charge is 0.331 e. The Bertz CT molecular complexity index is 891. The Morgan fingerprint density at radius 1 is 1.15 bits per heavy atom. The number of anilines is 1.